The van der Waals surface area contributed by atoms with Crippen molar-refractivity contribution in [3.63, 3.8) is 0 Å². The van der Waals surface area contributed by atoms with E-state index in [0.29, 0.717) is 0 Å². The van der Waals surface area contributed by atoms with Gasteiger partial charge in [0.15, 0.2) is 0 Å². The molecule has 0 atom stereocenters. The second kappa shape index (κ2) is 16.5. The van der Waals surface area contributed by atoms with Crippen LogP contribution in [-0.2, 0) is 10.8 Å². The van der Waals surface area contributed by atoms with Crippen LogP contribution in [0, 0.1) is 0 Å². The molecule has 0 saturated carbocycles. The highest BCUT2D eigenvalue weighted by molar-refractivity contribution is 5.96. The molecule has 1 heteroatoms. The van der Waals surface area contributed by atoms with Crippen LogP contribution in [-0.4, -0.2) is 0 Å². The third-order valence-electron chi connectivity index (χ3n) is 14.8. The summed E-state index contributed by atoms with van der Waals surface area (Å²) in [4.78, 5) is 2.53. The van der Waals surface area contributed by atoms with Crippen LogP contribution in [0.2, 0.25) is 0 Å². The lowest BCUT2D eigenvalue weighted by atomic mass is 9.67. The van der Waals surface area contributed by atoms with E-state index in [1.165, 1.54) is 77.9 Å². The standard InChI is InChI=1S/C68H47N/c1-7-23-48(24-8-1)50-39-44-66(61(45-50)49-25-9-2-10-26-49)69(55-40-42-59-57-35-19-21-37-62(57)67(64(59)46-55,51-27-11-3-12-28-51)52-29-13-4-14-30-52)56-41-43-60-58-36-20-22-38-63(58)68(65(60)47-56,53-31-15-5-16-32-53)54-33-17-6-18-34-54/h1-47H. The Bertz CT molecular complexity index is 3380. The number of benzene rings is 11. The Morgan fingerprint density at radius 3 is 0.986 bits per heavy atom. The minimum Gasteiger partial charge on any atom is -0.310 e. The van der Waals surface area contributed by atoms with Crippen molar-refractivity contribution in [3.8, 4) is 44.5 Å². The van der Waals surface area contributed by atoms with Crippen molar-refractivity contribution in [1.29, 1.82) is 0 Å². The molecule has 0 unspecified atom stereocenters. The topological polar surface area (TPSA) is 3.24 Å². The van der Waals surface area contributed by atoms with Gasteiger partial charge < -0.3 is 4.90 Å². The highest BCUT2D eigenvalue weighted by atomic mass is 15.1. The summed E-state index contributed by atoms with van der Waals surface area (Å²) in [6.45, 7) is 0. The van der Waals surface area contributed by atoms with Crippen LogP contribution < -0.4 is 4.90 Å². The van der Waals surface area contributed by atoms with E-state index in [4.69, 9.17) is 0 Å². The Kier molecular flexibility index (Phi) is 9.70. The molecule has 13 rings (SSSR count). The molecule has 0 N–H and O–H groups in total. The summed E-state index contributed by atoms with van der Waals surface area (Å²) in [5.41, 5.74) is 21.9. The summed E-state index contributed by atoms with van der Waals surface area (Å²) >= 11 is 0. The Morgan fingerprint density at radius 2 is 0.565 bits per heavy atom. The van der Waals surface area contributed by atoms with Crippen molar-refractivity contribution in [1.82, 2.24) is 0 Å². The third kappa shape index (κ3) is 6.24. The van der Waals surface area contributed by atoms with Crippen LogP contribution in [0.4, 0.5) is 17.1 Å². The largest absolute Gasteiger partial charge is 0.310 e. The normalized spacial score (nSPS) is 13.4. The molecule has 2 aliphatic rings. The smallest absolute Gasteiger partial charge is 0.0714 e. The quantitative estimate of drug-likeness (QED) is 0.140. The summed E-state index contributed by atoms with van der Waals surface area (Å²) in [6.07, 6.45) is 0. The van der Waals surface area contributed by atoms with E-state index < -0.39 is 10.8 Å². The van der Waals surface area contributed by atoms with Crippen LogP contribution in [0.15, 0.2) is 285 Å². The molecule has 0 aliphatic heterocycles. The number of rotatable bonds is 9. The molecule has 0 radical (unpaired) electrons. The summed E-state index contributed by atoms with van der Waals surface area (Å²) in [5, 5.41) is 0. The molecule has 0 amide bonds. The number of fused-ring (bicyclic) bond motifs is 6. The Balaban J connectivity index is 1.13. The van der Waals surface area contributed by atoms with Gasteiger partial charge in [0.1, 0.15) is 0 Å². The maximum Gasteiger partial charge on any atom is 0.0714 e. The zero-order chi connectivity index (χ0) is 45.8. The van der Waals surface area contributed by atoms with Gasteiger partial charge >= 0.3 is 0 Å². The van der Waals surface area contributed by atoms with E-state index in [0.717, 1.165) is 28.2 Å². The summed E-state index contributed by atoms with van der Waals surface area (Å²) in [6, 6.07) is 106. The van der Waals surface area contributed by atoms with E-state index in [9.17, 15) is 0 Å². The molecule has 324 valence electrons. The van der Waals surface area contributed by atoms with Gasteiger partial charge in [-0.1, -0.05) is 249 Å². The fourth-order valence-corrected chi connectivity index (χ4v) is 12.0. The lowest BCUT2D eigenvalue weighted by Gasteiger charge is -2.36. The van der Waals surface area contributed by atoms with E-state index in [-0.39, 0.29) is 0 Å². The molecular formula is C68H47N. The number of anilines is 3. The van der Waals surface area contributed by atoms with E-state index in [2.05, 4.69) is 290 Å². The number of nitrogens with zero attached hydrogens (tertiary/aromatic N) is 1. The SMILES string of the molecule is c1ccc(-c2ccc(N(c3ccc4c(c3)C(c3ccccc3)(c3ccccc3)c3ccccc3-4)c3ccc4c(c3)C(c3ccccc3)(c3ccccc3)c3ccccc3-4)c(-c3ccccc3)c2)cc1. The maximum absolute atomic E-state index is 2.53. The first-order valence-corrected chi connectivity index (χ1v) is 24.0. The van der Waals surface area contributed by atoms with Crippen molar-refractivity contribution >= 4 is 17.1 Å². The van der Waals surface area contributed by atoms with Crippen molar-refractivity contribution in [2.75, 3.05) is 4.90 Å². The Morgan fingerprint density at radius 1 is 0.217 bits per heavy atom. The Hall–Kier alpha value is -8.78. The first-order chi connectivity index (χ1) is 34.2. The summed E-state index contributed by atoms with van der Waals surface area (Å²) in [7, 11) is 0. The first kappa shape index (κ1) is 40.5. The first-order valence-electron chi connectivity index (χ1n) is 24.0. The van der Waals surface area contributed by atoms with E-state index >= 15 is 0 Å². The van der Waals surface area contributed by atoms with Gasteiger partial charge in [-0.15, -0.1) is 0 Å². The van der Waals surface area contributed by atoms with Gasteiger partial charge in [-0.2, -0.15) is 0 Å². The molecule has 11 aromatic rings. The van der Waals surface area contributed by atoms with Crippen molar-refractivity contribution in [2.24, 2.45) is 0 Å². The van der Waals surface area contributed by atoms with Gasteiger partial charge in [0, 0.05) is 16.9 Å². The van der Waals surface area contributed by atoms with Crippen LogP contribution >= 0.6 is 0 Å². The van der Waals surface area contributed by atoms with Crippen LogP contribution in [0.3, 0.4) is 0 Å². The van der Waals surface area contributed by atoms with E-state index in [1.54, 1.807) is 0 Å². The molecule has 11 aromatic carbocycles. The average Bonchev–Trinajstić information content (AvgIpc) is 3.90. The lowest BCUT2D eigenvalue weighted by molar-refractivity contribution is 0.767. The van der Waals surface area contributed by atoms with Crippen molar-refractivity contribution in [3.05, 3.63) is 330 Å². The Labute approximate surface area is 404 Å². The van der Waals surface area contributed by atoms with Gasteiger partial charge in [-0.3, -0.25) is 0 Å². The fraction of sp³-hybridized carbons (Fsp3) is 0.0294. The minimum absolute atomic E-state index is 0.565. The molecule has 0 fully saturated rings. The van der Waals surface area contributed by atoms with Gasteiger partial charge in [-0.25, -0.2) is 0 Å². The minimum atomic E-state index is -0.565. The van der Waals surface area contributed by atoms with Gasteiger partial charge in [-0.05, 0) is 120 Å². The molecule has 2 aliphatic carbocycles. The molecule has 0 bridgehead atoms. The molecule has 0 saturated heterocycles. The van der Waals surface area contributed by atoms with Crippen molar-refractivity contribution in [2.45, 2.75) is 10.8 Å². The highest BCUT2D eigenvalue weighted by Crippen LogP contribution is 2.60. The van der Waals surface area contributed by atoms with Gasteiger partial charge in [0.2, 0.25) is 0 Å². The molecule has 69 heavy (non-hydrogen) atoms. The molecular weight excluding hydrogens is 831 g/mol. The third-order valence-corrected chi connectivity index (χ3v) is 14.8. The molecule has 0 heterocycles. The van der Waals surface area contributed by atoms with Crippen LogP contribution in [0.5, 0.6) is 0 Å². The van der Waals surface area contributed by atoms with Crippen LogP contribution in [0.1, 0.15) is 44.5 Å². The van der Waals surface area contributed by atoms with Crippen molar-refractivity contribution < 1.29 is 0 Å². The molecule has 1 nitrogen and oxygen atoms in total. The highest BCUT2D eigenvalue weighted by Gasteiger charge is 2.48. The van der Waals surface area contributed by atoms with Crippen LogP contribution in [0.25, 0.3) is 44.5 Å². The average molecular weight is 878 g/mol. The second-order valence-electron chi connectivity index (χ2n) is 18.3. The number of hydrogen-bond acceptors (Lipinski definition) is 1. The fourth-order valence-electron chi connectivity index (χ4n) is 12.0. The molecule has 0 aromatic heterocycles. The summed E-state index contributed by atoms with van der Waals surface area (Å²) < 4.78 is 0. The zero-order valence-electron chi connectivity index (χ0n) is 38.1. The maximum atomic E-state index is 2.53. The molecule has 0 spiro atoms. The summed E-state index contributed by atoms with van der Waals surface area (Å²) in [5.74, 6) is 0. The predicted molar refractivity (Wildman–Crippen MR) is 287 cm³/mol. The monoisotopic (exact) mass is 877 g/mol. The lowest BCUT2D eigenvalue weighted by Crippen LogP contribution is -2.29. The number of hydrogen-bond donors (Lipinski definition) is 0. The van der Waals surface area contributed by atoms with Gasteiger partial charge in [0.05, 0.1) is 16.5 Å². The zero-order valence-corrected chi connectivity index (χ0v) is 38.1. The second-order valence-corrected chi connectivity index (χ2v) is 18.3. The predicted octanol–water partition coefficient (Wildman–Crippen LogP) is 17.2. The van der Waals surface area contributed by atoms with E-state index in [1.807, 2.05) is 0 Å². The van der Waals surface area contributed by atoms with Gasteiger partial charge in [0.25, 0.3) is 0 Å².